The van der Waals surface area contributed by atoms with E-state index in [1.54, 1.807) is 18.6 Å². The van der Waals surface area contributed by atoms with Gasteiger partial charge in [-0.2, -0.15) is 0 Å². The second-order valence-corrected chi connectivity index (χ2v) is 9.07. The third-order valence-corrected chi connectivity index (χ3v) is 6.69. The molecule has 170 valence electrons. The molecule has 7 heteroatoms. The smallest absolute Gasteiger partial charge is 0.253 e. The Balaban J connectivity index is 1.25. The number of anilines is 3. The number of fused-ring (bicyclic) bond motifs is 1. The number of piperidine rings is 1. The molecular weight excluding hydrogens is 412 g/mol. The first-order chi connectivity index (χ1) is 16.1. The highest BCUT2D eigenvalue weighted by atomic mass is 16.2. The van der Waals surface area contributed by atoms with Crippen molar-refractivity contribution in [3.63, 3.8) is 0 Å². The molecule has 1 saturated heterocycles. The summed E-state index contributed by atoms with van der Waals surface area (Å²) in [6.45, 7) is 4.60. The van der Waals surface area contributed by atoms with Crippen LogP contribution >= 0.6 is 0 Å². The summed E-state index contributed by atoms with van der Waals surface area (Å²) in [6.07, 6.45) is 9.06. The number of aromatic nitrogens is 3. The number of hydrogen-bond donors (Lipinski definition) is 1. The molecule has 33 heavy (non-hydrogen) atoms. The van der Waals surface area contributed by atoms with Crippen molar-refractivity contribution in [1.82, 2.24) is 19.9 Å². The molecule has 0 aliphatic carbocycles. The van der Waals surface area contributed by atoms with Crippen molar-refractivity contribution >= 4 is 23.1 Å². The Hall–Kier alpha value is -3.48. The van der Waals surface area contributed by atoms with Crippen molar-refractivity contribution in [3.05, 3.63) is 71.4 Å². The van der Waals surface area contributed by atoms with E-state index in [4.69, 9.17) is 4.98 Å². The maximum absolute atomic E-state index is 13.2. The zero-order valence-electron chi connectivity index (χ0n) is 19.3. The summed E-state index contributed by atoms with van der Waals surface area (Å²) in [7, 11) is 2.12. The zero-order chi connectivity index (χ0) is 22.8. The third-order valence-electron chi connectivity index (χ3n) is 6.69. The normalized spacial score (nSPS) is 16.4. The molecule has 1 aromatic carbocycles. The highest BCUT2D eigenvalue weighted by Gasteiger charge is 2.26. The number of hydrogen-bond acceptors (Lipinski definition) is 6. The Morgan fingerprint density at radius 3 is 2.73 bits per heavy atom. The van der Waals surface area contributed by atoms with Gasteiger partial charge in [0, 0.05) is 73.3 Å². The fourth-order valence-corrected chi connectivity index (χ4v) is 4.97. The van der Waals surface area contributed by atoms with Gasteiger partial charge in [0.1, 0.15) is 5.82 Å². The predicted molar refractivity (Wildman–Crippen MR) is 130 cm³/mol. The van der Waals surface area contributed by atoms with Crippen LogP contribution in [0.2, 0.25) is 0 Å². The van der Waals surface area contributed by atoms with Gasteiger partial charge in [-0.05, 0) is 68.5 Å². The van der Waals surface area contributed by atoms with E-state index in [0.717, 1.165) is 68.0 Å². The summed E-state index contributed by atoms with van der Waals surface area (Å²) >= 11 is 0. The summed E-state index contributed by atoms with van der Waals surface area (Å²) in [4.78, 5) is 30.7. The number of aryl methyl sites for hydroxylation is 2. The lowest BCUT2D eigenvalue weighted by Gasteiger charge is -2.33. The van der Waals surface area contributed by atoms with Crippen LogP contribution in [-0.4, -0.2) is 52.4 Å². The van der Waals surface area contributed by atoms with Gasteiger partial charge in [-0.1, -0.05) is 0 Å². The number of carbonyl (C=O) groups is 1. The van der Waals surface area contributed by atoms with Crippen LogP contribution in [0.25, 0.3) is 0 Å². The lowest BCUT2D eigenvalue weighted by Crippen LogP contribution is -2.38. The van der Waals surface area contributed by atoms with Gasteiger partial charge in [0.25, 0.3) is 5.91 Å². The summed E-state index contributed by atoms with van der Waals surface area (Å²) in [5, 5.41) is 3.32. The summed E-state index contributed by atoms with van der Waals surface area (Å²) in [5.74, 6) is 1.20. The first kappa shape index (κ1) is 21.4. The van der Waals surface area contributed by atoms with E-state index < -0.39 is 0 Å². The van der Waals surface area contributed by atoms with E-state index in [2.05, 4.69) is 45.4 Å². The van der Waals surface area contributed by atoms with Crippen molar-refractivity contribution in [2.24, 2.45) is 0 Å². The van der Waals surface area contributed by atoms with Crippen LogP contribution in [0.5, 0.6) is 0 Å². The Bertz CT molecular complexity index is 1140. The molecule has 1 fully saturated rings. The fraction of sp³-hybridized carbons (Fsp3) is 0.385. The van der Waals surface area contributed by atoms with Crippen LogP contribution in [0.1, 0.15) is 52.5 Å². The molecule has 0 unspecified atom stereocenters. The maximum Gasteiger partial charge on any atom is 0.253 e. The Morgan fingerprint density at radius 2 is 1.94 bits per heavy atom. The number of nitrogens with zero attached hydrogens (tertiary/aromatic N) is 5. The van der Waals surface area contributed by atoms with Gasteiger partial charge in [0.05, 0.1) is 6.20 Å². The minimum atomic E-state index is 0.145. The van der Waals surface area contributed by atoms with Crippen LogP contribution in [0.3, 0.4) is 0 Å². The Labute approximate surface area is 194 Å². The lowest BCUT2D eigenvalue weighted by atomic mass is 9.92. The first-order valence-electron chi connectivity index (χ1n) is 11.7. The topological polar surface area (TPSA) is 74.2 Å². The van der Waals surface area contributed by atoms with Gasteiger partial charge in [0.2, 0.25) is 0 Å². The lowest BCUT2D eigenvalue weighted by molar-refractivity contribution is 0.0712. The van der Waals surface area contributed by atoms with Crippen molar-refractivity contribution in [2.45, 2.75) is 38.5 Å². The summed E-state index contributed by atoms with van der Waals surface area (Å²) in [6, 6.07) is 10.3. The number of benzene rings is 1. The van der Waals surface area contributed by atoms with E-state index in [9.17, 15) is 4.79 Å². The largest absolute Gasteiger partial charge is 0.374 e. The number of carbonyl (C=O) groups excluding carboxylic acids is 1. The van der Waals surface area contributed by atoms with E-state index >= 15 is 0 Å². The Morgan fingerprint density at radius 1 is 1.09 bits per heavy atom. The number of amides is 1. The maximum atomic E-state index is 13.2. The number of likely N-dealkylation sites (tertiary alicyclic amines) is 1. The van der Waals surface area contributed by atoms with Gasteiger partial charge in [-0.15, -0.1) is 0 Å². The van der Waals surface area contributed by atoms with Crippen LogP contribution in [0.15, 0.2) is 48.9 Å². The van der Waals surface area contributed by atoms with Gasteiger partial charge in [0.15, 0.2) is 0 Å². The summed E-state index contributed by atoms with van der Waals surface area (Å²) < 4.78 is 0. The highest BCUT2D eigenvalue weighted by Crippen LogP contribution is 2.31. The van der Waals surface area contributed by atoms with E-state index in [1.165, 1.54) is 11.3 Å². The quantitative estimate of drug-likeness (QED) is 0.648. The fourth-order valence-electron chi connectivity index (χ4n) is 4.97. The number of nitrogens with one attached hydrogen (secondary N) is 1. The second kappa shape index (κ2) is 9.17. The molecular formula is C26H30N6O. The molecule has 4 heterocycles. The monoisotopic (exact) mass is 442 g/mol. The van der Waals surface area contributed by atoms with Crippen LogP contribution in [0, 0.1) is 6.92 Å². The molecule has 0 bridgehead atoms. The van der Waals surface area contributed by atoms with Crippen molar-refractivity contribution in [1.29, 1.82) is 0 Å². The zero-order valence-corrected chi connectivity index (χ0v) is 19.3. The molecule has 2 aliphatic rings. The molecule has 7 nitrogen and oxygen atoms in total. The van der Waals surface area contributed by atoms with Crippen LogP contribution < -0.4 is 10.2 Å². The standard InChI is InChI=1S/C26H30N6O/c1-18-14-22(30-25-17-27-9-10-28-25)16-23(29-18)19-7-12-32(13-8-19)26(33)21-5-6-24-20(15-21)4-3-11-31(24)2/h5-6,9-10,14-17,19H,3-4,7-8,11-13H2,1-2H3,(H,28,29,30). The molecule has 0 spiro atoms. The minimum absolute atomic E-state index is 0.145. The molecule has 3 aromatic rings. The number of pyridine rings is 1. The van der Waals surface area contributed by atoms with Gasteiger partial charge in [-0.25, -0.2) is 4.98 Å². The van der Waals surface area contributed by atoms with Gasteiger partial charge >= 0.3 is 0 Å². The highest BCUT2D eigenvalue weighted by molar-refractivity contribution is 5.95. The van der Waals surface area contributed by atoms with Gasteiger partial charge < -0.3 is 15.1 Å². The molecule has 2 aromatic heterocycles. The minimum Gasteiger partial charge on any atom is -0.374 e. The van der Waals surface area contributed by atoms with E-state index in [1.807, 2.05) is 24.0 Å². The number of rotatable bonds is 4. The van der Waals surface area contributed by atoms with Gasteiger partial charge in [-0.3, -0.25) is 14.8 Å². The third kappa shape index (κ3) is 4.67. The van der Waals surface area contributed by atoms with Crippen molar-refractivity contribution < 1.29 is 4.79 Å². The average Bonchev–Trinajstić information content (AvgIpc) is 2.84. The molecule has 5 rings (SSSR count). The molecule has 2 aliphatic heterocycles. The second-order valence-electron chi connectivity index (χ2n) is 9.07. The molecule has 0 saturated carbocycles. The molecule has 1 amide bonds. The predicted octanol–water partition coefficient (Wildman–Crippen LogP) is 4.33. The molecule has 1 N–H and O–H groups in total. The first-order valence-corrected chi connectivity index (χ1v) is 11.7. The average molecular weight is 443 g/mol. The molecule has 0 atom stereocenters. The van der Waals surface area contributed by atoms with E-state index in [-0.39, 0.29) is 5.91 Å². The van der Waals surface area contributed by atoms with Crippen molar-refractivity contribution in [2.75, 3.05) is 36.9 Å². The Kier molecular flexibility index (Phi) is 5.94. The van der Waals surface area contributed by atoms with E-state index in [0.29, 0.717) is 11.7 Å². The molecule has 0 radical (unpaired) electrons. The van der Waals surface area contributed by atoms with Crippen molar-refractivity contribution in [3.8, 4) is 0 Å². The van der Waals surface area contributed by atoms with Crippen LogP contribution in [0.4, 0.5) is 17.2 Å². The summed E-state index contributed by atoms with van der Waals surface area (Å²) in [5.41, 5.74) is 6.37. The SMILES string of the molecule is Cc1cc(Nc2cnccn2)cc(C2CCN(C(=O)c3ccc4c(c3)CCCN4C)CC2)n1. The van der Waals surface area contributed by atoms with Crippen LogP contribution in [-0.2, 0) is 6.42 Å².